The van der Waals surface area contributed by atoms with Crippen LogP contribution in [0.2, 0.25) is 0 Å². The summed E-state index contributed by atoms with van der Waals surface area (Å²) in [4.78, 5) is 28.0. The van der Waals surface area contributed by atoms with Gasteiger partial charge in [0.1, 0.15) is 18.4 Å². The molecule has 0 spiro atoms. The van der Waals surface area contributed by atoms with Gasteiger partial charge in [-0.25, -0.2) is 12.8 Å². The summed E-state index contributed by atoms with van der Waals surface area (Å²) in [6.45, 7) is 4.92. The molecule has 38 heavy (non-hydrogen) atoms. The second-order valence-electron chi connectivity index (χ2n) is 9.09. The molecule has 3 aromatic rings. The number of hydrogen-bond donors (Lipinski definition) is 1. The largest absolute Gasteiger partial charge is 0.352 e. The fraction of sp³-hybridized carbons (Fsp3) is 0.310. The number of nitrogens with one attached hydrogen (secondary N) is 1. The first kappa shape index (κ1) is 28.8. The highest BCUT2D eigenvalue weighted by Gasteiger charge is 2.33. The molecular formula is C29H34FN3O4S. The minimum absolute atomic E-state index is 0.0746. The zero-order chi connectivity index (χ0) is 27.7. The maximum atomic E-state index is 14.9. The highest BCUT2D eigenvalue weighted by atomic mass is 32.2. The lowest BCUT2D eigenvalue weighted by Crippen LogP contribution is -2.53. The summed E-state index contributed by atoms with van der Waals surface area (Å²) in [5, 5.41) is 2.89. The lowest BCUT2D eigenvalue weighted by Gasteiger charge is -2.32. The number of carbonyl (C=O) groups is 2. The van der Waals surface area contributed by atoms with Crippen LogP contribution in [0, 0.1) is 5.82 Å². The van der Waals surface area contributed by atoms with Crippen molar-refractivity contribution < 1.29 is 22.4 Å². The van der Waals surface area contributed by atoms with Crippen molar-refractivity contribution in [2.75, 3.05) is 17.4 Å². The van der Waals surface area contributed by atoms with Crippen molar-refractivity contribution in [1.29, 1.82) is 0 Å². The van der Waals surface area contributed by atoms with E-state index in [-0.39, 0.29) is 29.1 Å². The molecule has 0 heterocycles. The van der Waals surface area contributed by atoms with Gasteiger partial charge in [-0.3, -0.25) is 13.9 Å². The quantitative estimate of drug-likeness (QED) is 0.370. The molecule has 0 aliphatic heterocycles. The van der Waals surface area contributed by atoms with Crippen LogP contribution in [0.5, 0.6) is 0 Å². The van der Waals surface area contributed by atoms with E-state index in [1.165, 1.54) is 35.2 Å². The van der Waals surface area contributed by atoms with Gasteiger partial charge in [-0.2, -0.15) is 0 Å². The summed E-state index contributed by atoms with van der Waals surface area (Å²) in [6, 6.07) is 21.5. The molecule has 0 saturated carbocycles. The SMILES string of the molecule is CC[C@H](C)NC(=O)[C@H](C)N(CCc1ccccc1)C(=O)CN(c1ccccc1F)S(=O)(=O)c1ccccc1. The Morgan fingerprint density at radius 3 is 2.08 bits per heavy atom. The number of nitrogens with zero attached hydrogens (tertiary/aromatic N) is 2. The monoisotopic (exact) mass is 539 g/mol. The molecule has 9 heteroatoms. The number of hydrogen-bond acceptors (Lipinski definition) is 4. The molecule has 202 valence electrons. The Hall–Kier alpha value is -3.72. The van der Waals surface area contributed by atoms with Crippen molar-refractivity contribution in [3.8, 4) is 0 Å². The highest BCUT2D eigenvalue weighted by molar-refractivity contribution is 7.92. The molecule has 0 bridgehead atoms. The molecule has 0 aromatic heterocycles. The normalized spacial score (nSPS) is 12.8. The average Bonchev–Trinajstić information content (AvgIpc) is 2.93. The topological polar surface area (TPSA) is 86.8 Å². The standard InChI is InChI=1S/C29H34FN3O4S/c1-4-22(2)31-29(35)23(3)32(20-19-24-13-7-5-8-14-24)28(34)21-33(27-18-12-11-17-26(27)30)38(36,37)25-15-9-6-10-16-25/h5-18,22-23H,4,19-21H2,1-3H3,(H,31,35)/t22-,23-/m0/s1. The maximum Gasteiger partial charge on any atom is 0.264 e. The van der Waals surface area contributed by atoms with Crippen molar-refractivity contribution in [2.45, 2.75) is 50.6 Å². The highest BCUT2D eigenvalue weighted by Crippen LogP contribution is 2.26. The molecule has 0 radical (unpaired) electrons. The predicted octanol–water partition coefficient (Wildman–Crippen LogP) is 4.40. The number of rotatable bonds is 12. The molecule has 2 atom stereocenters. The second-order valence-corrected chi connectivity index (χ2v) is 11.0. The third-order valence-electron chi connectivity index (χ3n) is 6.38. The Morgan fingerprint density at radius 1 is 0.895 bits per heavy atom. The van der Waals surface area contributed by atoms with Gasteiger partial charge in [0, 0.05) is 12.6 Å². The summed E-state index contributed by atoms with van der Waals surface area (Å²) >= 11 is 0. The van der Waals surface area contributed by atoms with Gasteiger partial charge in [0.15, 0.2) is 0 Å². The van der Waals surface area contributed by atoms with Crippen molar-refractivity contribution in [2.24, 2.45) is 0 Å². The van der Waals surface area contributed by atoms with Crippen LogP contribution in [0.4, 0.5) is 10.1 Å². The minimum atomic E-state index is -4.30. The molecule has 2 amide bonds. The van der Waals surface area contributed by atoms with Gasteiger partial charge in [0.05, 0.1) is 10.6 Å². The number of carbonyl (C=O) groups excluding carboxylic acids is 2. The number of anilines is 1. The maximum absolute atomic E-state index is 14.9. The van der Waals surface area contributed by atoms with E-state index in [0.29, 0.717) is 12.8 Å². The van der Waals surface area contributed by atoms with Crippen LogP contribution in [0.3, 0.4) is 0 Å². The molecule has 3 rings (SSSR count). The second kappa shape index (κ2) is 13.2. The van der Waals surface area contributed by atoms with Crippen molar-refractivity contribution in [1.82, 2.24) is 10.2 Å². The third-order valence-corrected chi connectivity index (χ3v) is 8.16. The van der Waals surface area contributed by atoms with Gasteiger partial charge in [-0.15, -0.1) is 0 Å². The molecule has 1 N–H and O–H groups in total. The number of sulfonamides is 1. The van der Waals surface area contributed by atoms with E-state index < -0.39 is 34.3 Å². The van der Waals surface area contributed by atoms with E-state index >= 15 is 0 Å². The Labute approximate surface area is 224 Å². The van der Waals surface area contributed by atoms with Crippen LogP contribution in [-0.4, -0.2) is 50.3 Å². The summed E-state index contributed by atoms with van der Waals surface area (Å²) in [6.07, 6.45) is 1.17. The smallest absolute Gasteiger partial charge is 0.264 e. The van der Waals surface area contributed by atoms with Crippen LogP contribution in [0.1, 0.15) is 32.8 Å². The molecule has 0 fully saturated rings. The lowest BCUT2D eigenvalue weighted by atomic mass is 10.1. The average molecular weight is 540 g/mol. The fourth-order valence-electron chi connectivity index (χ4n) is 3.92. The van der Waals surface area contributed by atoms with Crippen LogP contribution < -0.4 is 9.62 Å². The third kappa shape index (κ3) is 7.19. The number of benzene rings is 3. The van der Waals surface area contributed by atoms with Crippen molar-refractivity contribution in [3.05, 3.63) is 96.3 Å². The molecule has 0 aliphatic rings. The molecule has 3 aromatic carbocycles. The summed E-state index contributed by atoms with van der Waals surface area (Å²) < 4.78 is 42.9. The van der Waals surface area contributed by atoms with Gasteiger partial charge in [-0.1, -0.05) is 67.6 Å². The predicted molar refractivity (Wildman–Crippen MR) is 147 cm³/mol. The van der Waals surface area contributed by atoms with Crippen LogP contribution in [0.25, 0.3) is 0 Å². The zero-order valence-corrected chi connectivity index (χ0v) is 22.7. The van der Waals surface area contributed by atoms with E-state index in [1.54, 1.807) is 25.1 Å². The Bertz CT molecular complexity index is 1320. The minimum Gasteiger partial charge on any atom is -0.352 e. The molecule has 0 aliphatic carbocycles. The summed E-state index contributed by atoms with van der Waals surface area (Å²) in [7, 11) is -4.30. The van der Waals surface area contributed by atoms with E-state index in [4.69, 9.17) is 0 Å². The first-order valence-corrected chi connectivity index (χ1v) is 14.0. The lowest BCUT2D eigenvalue weighted by molar-refractivity contribution is -0.139. The Balaban J connectivity index is 1.97. The van der Waals surface area contributed by atoms with E-state index in [9.17, 15) is 22.4 Å². The van der Waals surface area contributed by atoms with Gasteiger partial charge in [-0.05, 0) is 56.5 Å². The van der Waals surface area contributed by atoms with E-state index in [1.807, 2.05) is 44.2 Å². The Morgan fingerprint density at radius 2 is 1.47 bits per heavy atom. The first-order valence-electron chi connectivity index (χ1n) is 12.6. The van der Waals surface area contributed by atoms with Crippen LogP contribution in [0.15, 0.2) is 89.8 Å². The zero-order valence-electron chi connectivity index (χ0n) is 21.9. The summed E-state index contributed by atoms with van der Waals surface area (Å²) in [5.41, 5.74) is 0.715. The molecule has 0 unspecified atom stereocenters. The van der Waals surface area contributed by atoms with Crippen LogP contribution in [-0.2, 0) is 26.0 Å². The fourth-order valence-corrected chi connectivity index (χ4v) is 5.37. The van der Waals surface area contributed by atoms with Gasteiger partial charge >= 0.3 is 0 Å². The van der Waals surface area contributed by atoms with E-state index in [2.05, 4.69) is 5.32 Å². The molecular weight excluding hydrogens is 505 g/mol. The molecule has 0 saturated heterocycles. The van der Waals surface area contributed by atoms with Gasteiger partial charge < -0.3 is 10.2 Å². The van der Waals surface area contributed by atoms with Crippen molar-refractivity contribution in [3.63, 3.8) is 0 Å². The molecule has 7 nitrogen and oxygen atoms in total. The Kier molecular flexibility index (Phi) is 10.0. The van der Waals surface area contributed by atoms with E-state index in [0.717, 1.165) is 15.9 Å². The number of halogens is 1. The van der Waals surface area contributed by atoms with Gasteiger partial charge in [0.25, 0.3) is 10.0 Å². The summed E-state index contributed by atoms with van der Waals surface area (Å²) in [5.74, 6) is -1.74. The number of amides is 2. The van der Waals surface area contributed by atoms with Crippen LogP contribution >= 0.6 is 0 Å². The van der Waals surface area contributed by atoms with Gasteiger partial charge in [0.2, 0.25) is 11.8 Å². The first-order chi connectivity index (χ1) is 18.1. The number of para-hydroxylation sites is 1. The van der Waals surface area contributed by atoms with Crippen molar-refractivity contribution >= 4 is 27.5 Å².